The van der Waals surface area contributed by atoms with Gasteiger partial charge in [-0.15, -0.1) is 0 Å². The number of carbonyl (C=O) groups excluding carboxylic acids is 2. The van der Waals surface area contributed by atoms with Crippen LogP contribution in [0.4, 0.5) is 11.4 Å². The smallest absolute Gasteiger partial charge is 0.233 e. The van der Waals surface area contributed by atoms with Crippen LogP contribution >= 0.6 is 12.2 Å². The van der Waals surface area contributed by atoms with E-state index in [1.165, 1.54) is 4.90 Å². The number of rotatable bonds is 3. The van der Waals surface area contributed by atoms with Crippen molar-refractivity contribution >= 4 is 40.5 Å². The van der Waals surface area contributed by atoms with Gasteiger partial charge in [-0.2, -0.15) is 0 Å². The number of benzene rings is 1. The summed E-state index contributed by atoms with van der Waals surface area (Å²) in [5.41, 5.74) is 1.43. The van der Waals surface area contributed by atoms with E-state index in [9.17, 15) is 9.59 Å². The molecule has 2 N–H and O–H groups in total. The Morgan fingerprint density at radius 3 is 2.35 bits per heavy atom. The molecule has 0 radical (unpaired) electrons. The number of piperidine rings is 1. The number of imide groups is 1. The van der Waals surface area contributed by atoms with Gasteiger partial charge >= 0.3 is 0 Å². The van der Waals surface area contributed by atoms with Crippen LogP contribution in [0.15, 0.2) is 24.3 Å². The molecule has 1 saturated heterocycles. The van der Waals surface area contributed by atoms with Crippen LogP contribution in [0.1, 0.15) is 26.2 Å². The third kappa shape index (κ3) is 3.33. The highest BCUT2D eigenvalue weighted by atomic mass is 32.1. The average Bonchev–Trinajstić information content (AvgIpc) is 2.40. The van der Waals surface area contributed by atoms with Crippen molar-refractivity contribution < 1.29 is 9.59 Å². The Morgan fingerprint density at radius 1 is 1.20 bits per heavy atom. The summed E-state index contributed by atoms with van der Waals surface area (Å²) in [5.74, 6) is -0.268. The number of hydrogen-bond acceptors (Lipinski definition) is 3. The Bertz CT molecular complexity index is 512. The number of carbonyl (C=O) groups is 2. The Hall–Kier alpha value is -1.95. The van der Waals surface area contributed by atoms with Crippen molar-refractivity contribution in [2.24, 2.45) is 0 Å². The van der Waals surface area contributed by atoms with Gasteiger partial charge in [0.1, 0.15) is 0 Å². The number of nitrogens with one attached hydrogen (secondary N) is 2. The van der Waals surface area contributed by atoms with Crippen LogP contribution in [0.25, 0.3) is 0 Å². The second kappa shape index (κ2) is 6.47. The Labute approximate surface area is 123 Å². The molecule has 0 spiro atoms. The summed E-state index contributed by atoms with van der Waals surface area (Å²) >= 11 is 5.09. The predicted octanol–water partition coefficient (Wildman–Crippen LogP) is 2.04. The van der Waals surface area contributed by atoms with E-state index in [0.717, 1.165) is 12.2 Å². The second-order valence-electron chi connectivity index (χ2n) is 4.51. The molecular formula is C14H17N3O2S. The first kappa shape index (κ1) is 14.5. The zero-order chi connectivity index (χ0) is 14.5. The molecule has 2 rings (SSSR count). The Kier molecular flexibility index (Phi) is 4.68. The normalized spacial score (nSPS) is 15.2. The molecule has 1 aliphatic heterocycles. The summed E-state index contributed by atoms with van der Waals surface area (Å²) in [7, 11) is 0. The van der Waals surface area contributed by atoms with Crippen LogP contribution < -0.4 is 15.5 Å². The number of thiocarbonyl (C=S) groups is 1. The predicted molar refractivity (Wildman–Crippen MR) is 82.7 cm³/mol. The van der Waals surface area contributed by atoms with Crippen molar-refractivity contribution in [2.75, 3.05) is 16.8 Å². The Morgan fingerprint density at radius 2 is 1.80 bits per heavy atom. The maximum Gasteiger partial charge on any atom is 0.233 e. The molecule has 1 heterocycles. The van der Waals surface area contributed by atoms with Crippen LogP contribution in [0.3, 0.4) is 0 Å². The molecule has 1 aromatic carbocycles. The molecule has 1 aliphatic rings. The molecule has 1 aromatic rings. The van der Waals surface area contributed by atoms with Crippen LogP contribution in [0.5, 0.6) is 0 Å². The minimum atomic E-state index is -0.134. The van der Waals surface area contributed by atoms with Crippen molar-refractivity contribution in [3.63, 3.8) is 0 Å². The lowest BCUT2D eigenvalue weighted by atomic mass is 10.1. The minimum Gasteiger partial charge on any atom is -0.363 e. The first-order valence-corrected chi connectivity index (χ1v) is 7.03. The van der Waals surface area contributed by atoms with Crippen LogP contribution in [0, 0.1) is 0 Å². The SMILES string of the molecule is CCNC(=S)Nc1ccc(N2C(=O)CCCC2=O)cc1. The molecule has 0 atom stereocenters. The molecular weight excluding hydrogens is 274 g/mol. The van der Waals surface area contributed by atoms with Crippen molar-refractivity contribution in [3.8, 4) is 0 Å². The molecule has 106 valence electrons. The highest BCUT2D eigenvalue weighted by molar-refractivity contribution is 7.80. The fourth-order valence-corrected chi connectivity index (χ4v) is 2.33. The molecule has 0 bridgehead atoms. The molecule has 0 aliphatic carbocycles. The third-order valence-corrected chi connectivity index (χ3v) is 3.25. The molecule has 0 aromatic heterocycles. The standard InChI is InChI=1S/C14H17N3O2S/c1-2-15-14(20)16-10-6-8-11(9-7-10)17-12(18)4-3-5-13(17)19/h6-9H,2-5H2,1H3,(H2,15,16,20). The summed E-state index contributed by atoms with van der Waals surface area (Å²) < 4.78 is 0. The van der Waals surface area contributed by atoms with Gasteiger partial charge in [0, 0.05) is 25.1 Å². The van der Waals surface area contributed by atoms with Gasteiger partial charge in [0.05, 0.1) is 5.69 Å². The van der Waals surface area contributed by atoms with E-state index in [4.69, 9.17) is 12.2 Å². The van der Waals surface area contributed by atoms with Gasteiger partial charge in [0.25, 0.3) is 0 Å². The van der Waals surface area contributed by atoms with Gasteiger partial charge in [0.15, 0.2) is 5.11 Å². The first-order chi connectivity index (χ1) is 9.61. The topological polar surface area (TPSA) is 61.4 Å². The van der Waals surface area contributed by atoms with E-state index < -0.39 is 0 Å². The lowest BCUT2D eigenvalue weighted by Gasteiger charge is -2.25. The van der Waals surface area contributed by atoms with E-state index in [-0.39, 0.29) is 11.8 Å². The fraction of sp³-hybridized carbons (Fsp3) is 0.357. The van der Waals surface area contributed by atoms with Crippen LogP contribution in [-0.4, -0.2) is 23.5 Å². The van der Waals surface area contributed by atoms with Crippen LogP contribution in [0.2, 0.25) is 0 Å². The van der Waals surface area contributed by atoms with E-state index in [2.05, 4.69) is 10.6 Å². The molecule has 2 amide bonds. The van der Waals surface area contributed by atoms with Gasteiger partial charge in [-0.05, 0) is 49.8 Å². The largest absolute Gasteiger partial charge is 0.363 e. The third-order valence-electron chi connectivity index (χ3n) is 3.00. The Balaban J connectivity index is 2.09. The number of nitrogens with zero attached hydrogens (tertiary/aromatic N) is 1. The van der Waals surface area contributed by atoms with Gasteiger partial charge in [-0.25, -0.2) is 0 Å². The van der Waals surface area contributed by atoms with E-state index in [1.54, 1.807) is 24.3 Å². The fourth-order valence-electron chi connectivity index (χ4n) is 2.07. The number of hydrogen-bond donors (Lipinski definition) is 2. The molecule has 1 fully saturated rings. The second-order valence-corrected chi connectivity index (χ2v) is 4.92. The monoisotopic (exact) mass is 291 g/mol. The van der Waals surface area contributed by atoms with Crippen molar-refractivity contribution in [1.29, 1.82) is 0 Å². The summed E-state index contributed by atoms with van der Waals surface area (Å²) in [6.07, 6.45) is 1.50. The van der Waals surface area contributed by atoms with Crippen molar-refractivity contribution in [3.05, 3.63) is 24.3 Å². The first-order valence-electron chi connectivity index (χ1n) is 6.62. The molecule has 20 heavy (non-hydrogen) atoms. The van der Waals surface area contributed by atoms with Gasteiger partial charge < -0.3 is 10.6 Å². The lowest BCUT2D eigenvalue weighted by Crippen LogP contribution is -2.40. The number of amides is 2. The highest BCUT2D eigenvalue weighted by Gasteiger charge is 2.27. The quantitative estimate of drug-likeness (QED) is 0.659. The maximum atomic E-state index is 11.8. The minimum absolute atomic E-state index is 0.134. The van der Waals surface area contributed by atoms with Crippen LogP contribution in [-0.2, 0) is 9.59 Å². The zero-order valence-electron chi connectivity index (χ0n) is 11.3. The van der Waals surface area contributed by atoms with E-state index in [0.29, 0.717) is 30.1 Å². The molecule has 6 heteroatoms. The summed E-state index contributed by atoms with van der Waals surface area (Å²) in [6.45, 7) is 2.71. The van der Waals surface area contributed by atoms with Crippen molar-refractivity contribution in [1.82, 2.24) is 5.32 Å². The highest BCUT2D eigenvalue weighted by Crippen LogP contribution is 2.23. The molecule has 0 saturated carbocycles. The summed E-state index contributed by atoms with van der Waals surface area (Å²) in [6, 6.07) is 7.10. The molecule has 0 unspecified atom stereocenters. The average molecular weight is 291 g/mol. The lowest BCUT2D eigenvalue weighted by molar-refractivity contribution is -0.129. The zero-order valence-corrected chi connectivity index (χ0v) is 12.1. The van der Waals surface area contributed by atoms with Gasteiger partial charge in [-0.3, -0.25) is 14.5 Å². The van der Waals surface area contributed by atoms with E-state index >= 15 is 0 Å². The van der Waals surface area contributed by atoms with Crippen molar-refractivity contribution in [2.45, 2.75) is 26.2 Å². The van der Waals surface area contributed by atoms with Gasteiger partial charge in [-0.1, -0.05) is 0 Å². The molecule has 5 nitrogen and oxygen atoms in total. The maximum absolute atomic E-state index is 11.8. The van der Waals surface area contributed by atoms with Gasteiger partial charge in [0.2, 0.25) is 11.8 Å². The summed E-state index contributed by atoms with van der Waals surface area (Å²) in [5, 5.41) is 6.56. The summed E-state index contributed by atoms with van der Waals surface area (Å²) in [4.78, 5) is 24.9. The number of anilines is 2. The van der Waals surface area contributed by atoms with E-state index in [1.807, 2.05) is 6.92 Å².